The van der Waals surface area contributed by atoms with Crippen LogP contribution in [0.3, 0.4) is 0 Å². The normalized spacial score (nSPS) is 16.5. The number of hydrogen-bond donors (Lipinski definition) is 1. The van der Waals surface area contributed by atoms with Gasteiger partial charge < -0.3 is 4.74 Å². The van der Waals surface area contributed by atoms with Gasteiger partial charge in [-0.25, -0.2) is 20.0 Å². The summed E-state index contributed by atoms with van der Waals surface area (Å²) in [7, 11) is 2.51. The zero-order valence-corrected chi connectivity index (χ0v) is 7.23. The molecular formula is C6H9N3O4. The van der Waals surface area contributed by atoms with Crippen LogP contribution in [-0.4, -0.2) is 48.6 Å². The van der Waals surface area contributed by atoms with E-state index in [1.54, 1.807) is 0 Å². The number of nitrogens with one attached hydrogen (secondary N) is 1. The molecule has 0 unspecified atom stereocenters. The molecule has 0 spiro atoms. The zero-order valence-electron chi connectivity index (χ0n) is 7.23. The van der Waals surface area contributed by atoms with Crippen LogP contribution in [0.1, 0.15) is 0 Å². The molecule has 1 heterocycles. The molecule has 4 amide bonds. The molecule has 0 aromatic carbocycles. The standard InChI is InChI=1S/C6H9N3O4/c1-8-4(10)3-9(6(8)12)7-5(11)13-2/h3H2,1-2H3,(H,7,11). The Bertz CT molecular complexity index is 265. The molecule has 1 N–H and O–H groups in total. The van der Waals surface area contributed by atoms with E-state index < -0.39 is 12.1 Å². The number of ether oxygens (including phenoxy) is 1. The average molecular weight is 187 g/mol. The number of carbonyl (C=O) groups is 3. The Balaban J connectivity index is 2.59. The lowest BCUT2D eigenvalue weighted by atomic mass is 10.6. The van der Waals surface area contributed by atoms with Crippen LogP contribution in [0.5, 0.6) is 0 Å². The molecule has 0 aromatic rings. The molecule has 0 atom stereocenters. The van der Waals surface area contributed by atoms with Gasteiger partial charge >= 0.3 is 12.1 Å². The largest absolute Gasteiger partial charge is 0.452 e. The predicted molar refractivity (Wildman–Crippen MR) is 40.4 cm³/mol. The minimum Gasteiger partial charge on any atom is -0.452 e. The number of amides is 4. The lowest BCUT2D eigenvalue weighted by molar-refractivity contribution is -0.124. The first-order valence-electron chi connectivity index (χ1n) is 3.49. The molecule has 1 aliphatic rings. The highest BCUT2D eigenvalue weighted by molar-refractivity contribution is 6.02. The van der Waals surface area contributed by atoms with Crippen LogP contribution in [0.15, 0.2) is 0 Å². The number of hydrogen-bond acceptors (Lipinski definition) is 4. The van der Waals surface area contributed by atoms with Crippen LogP contribution in [0.2, 0.25) is 0 Å². The summed E-state index contributed by atoms with van der Waals surface area (Å²) < 4.78 is 4.26. The van der Waals surface area contributed by atoms with Crippen LogP contribution in [0, 0.1) is 0 Å². The molecule has 0 aliphatic carbocycles. The van der Waals surface area contributed by atoms with E-state index in [9.17, 15) is 14.4 Å². The van der Waals surface area contributed by atoms with Crippen LogP contribution in [-0.2, 0) is 9.53 Å². The number of hydrazine groups is 1. The average Bonchev–Trinajstić information content (AvgIpc) is 2.34. The van der Waals surface area contributed by atoms with E-state index in [4.69, 9.17) is 0 Å². The van der Waals surface area contributed by atoms with E-state index in [-0.39, 0.29) is 12.5 Å². The highest BCUT2D eigenvalue weighted by atomic mass is 16.5. The summed E-state index contributed by atoms with van der Waals surface area (Å²) in [5.41, 5.74) is 2.10. The Morgan fingerprint density at radius 3 is 2.54 bits per heavy atom. The Hall–Kier alpha value is -1.79. The highest BCUT2D eigenvalue weighted by Crippen LogP contribution is 2.04. The van der Waals surface area contributed by atoms with Crippen molar-refractivity contribution in [3.05, 3.63) is 0 Å². The molecule has 0 bridgehead atoms. The van der Waals surface area contributed by atoms with Gasteiger partial charge in [-0.3, -0.25) is 9.69 Å². The summed E-state index contributed by atoms with van der Waals surface area (Å²) in [6.07, 6.45) is -0.781. The van der Waals surface area contributed by atoms with E-state index in [0.717, 1.165) is 9.91 Å². The fraction of sp³-hybridized carbons (Fsp3) is 0.500. The van der Waals surface area contributed by atoms with E-state index in [2.05, 4.69) is 10.2 Å². The molecule has 7 heteroatoms. The summed E-state index contributed by atoms with van der Waals surface area (Å²) >= 11 is 0. The minimum atomic E-state index is -0.781. The molecule has 1 aliphatic heterocycles. The van der Waals surface area contributed by atoms with Crippen molar-refractivity contribution in [2.75, 3.05) is 20.7 Å². The molecule has 7 nitrogen and oxygen atoms in total. The third-order valence-corrected chi connectivity index (χ3v) is 1.60. The number of nitrogens with zero attached hydrogens (tertiary/aromatic N) is 2. The number of carbonyl (C=O) groups excluding carboxylic acids is 3. The maximum Gasteiger partial charge on any atom is 0.425 e. The van der Waals surface area contributed by atoms with E-state index in [1.807, 2.05) is 0 Å². The Morgan fingerprint density at radius 2 is 2.15 bits per heavy atom. The smallest absolute Gasteiger partial charge is 0.425 e. The third-order valence-electron chi connectivity index (χ3n) is 1.60. The molecule has 0 saturated carbocycles. The highest BCUT2D eigenvalue weighted by Gasteiger charge is 2.34. The van der Waals surface area contributed by atoms with Crippen molar-refractivity contribution in [1.29, 1.82) is 0 Å². The van der Waals surface area contributed by atoms with Gasteiger partial charge in [0.1, 0.15) is 6.54 Å². The molecule has 0 radical (unpaired) electrons. The summed E-state index contributed by atoms with van der Waals surface area (Å²) in [5.74, 6) is -0.374. The Labute approximate surface area is 74.2 Å². The Kier molecular flexibility index (Phi) is 2.36. The first-order valence-corrected chi connectivity index (χ1v) is 3.49. The van der Waals surface area contributed by atoms with Gasteiger partial charge in [-0.05, 0) is 0 Å². The first kappa shape index (κ1) is 9.30. The van der Waals surface area contributed by atoms with E-state index >= 15 is 0 Å². The quantitative estimate of drug-likeness (QED) is 0.542. The van der Waals surface area contributed by atoms with Gasteiger partial charge in [0.15, 0.2) is 0 Å². The van der Waals surface area contributed by atoms with Crippen molar-refractivity contribution in [3.8, 4) is 0 Å². The predicted octanol–water partition coefficient (Wildman–Crippen LogP) is -0.849. The van der Waals surface area contributed by atoms with E-state index in [0.29, 0.717) is 0 Å². The molecule has 13 heavy (non-hydrogen) atoms. The molecule has 1 rings (SSSR count). The minimum absolute atomic E-state index is 0.162. The second kappa shape index (κ2) is 3.30. The molecular weight excluding hydrogens is 178 g/mol. The van der Waals surface area contributed by atoms with Crippen molar-refractivity contribution < 1.29 is 19.1 Å². The number of urea groups is 1. The summed E-state index contributed by atoms with van der Waals surface area (Å²) in [6.45, 7) is -0.162. The number of rotatable bonds is 1. The van der Waals surface area contributed by atoms with Crippen molar-refractivity contribution in [2.45, 2.75) is 0 Å². The van der Waals surface area contributed by atoms with E-state index in [1.165, 1.54) is 14.2 Å². The maximum atomic E-state index is 11.1. The van der Waals surface area contributed by atoms with Crippen molar-refractivity contribution >= 4 is 18.0 Å². The van der Waals surface area contributed by atoms with Crippen LogP contribution < -0.4 is 5.43 Å². The van der Waals surface area contributed by atoms with Crippen LogP contribution in [0.4, 0.5) is 9.59 Å². The molecule has 1 fully saturated rings. The Morgan fingerprint density at radius 1 is 1.54 bits per heavy atom. The topological polar surface area (TPSA) is 79.0 Å². The zero-order chi connectivity index (χ0) is 10.0. The van der Waals surface area contributed by atoms with Gasteiger partial charge in [0.05, 0.1) is 7.11 Å². The van der Waals surface area contributed by atoms with Gasteiger partial charge in [0.2, 0.25) is 0 Å². The monoisotopic (exact) mass is 187 g/mol. The molecule has 0 aromatic heterocycles. The van der Waals surface area contributed by atoms with Crippen molar-refractivity contribution in [2.24, 2.45) is 0 Å². The summed E-state index contributed by atoms with van der Waals surface area (Å²) in [4.78, 5) is 33.6. The van der Waals surface area contributed by atoms with Gasteiger partial charge in [0, 0.05) is 7.05 Å². The lowest BCUT2D eigenvalue weighted by Crippen LogP contribution is -2.44. The van der Waals surface area contributed by atoms with Crippen LogP contribution in [0.25, 0.3) is 0 Å². The number of likely N-dealkylation sites (N-methyl/N-ethyl adjacent to an activating group) is 1. The summed E-state index contributed by atoms with van der Waals surface area (Å²) in [6, 6.07) is -0.574. The first-order chi connectivity index (χ1) is 6.06. The SMILES string of the molecule is COC(=O)NN1CC(=O)N(C)C1=O. The van der Waals surface area contributed by atoms with Crippen molar-refractivity contribution in [3.63, 3.8) is 0 Å². The third kappa shape index (κ3) is 1.68. The van der Waals surface area contributed by atoms with Gasteiger partial charge in [-0.15, -0.1) is 0 Å². The molecule has 72 valence electrons. The fourth-order valence-corrected chi connectivity index (χ4v) is 0.840. The van der Waals surface area contributed by atoms with Crippen LogP contribution >= 0.6 is 0 Å². The second-order valence-corrected chi connectivity index (χ2v) is 2.42. The summed E-state index contributed by atoms with van der Waals surface area (Å²) in [5, 5.41) is 0.883. The maximum absolute atomic E-state index is 11.1. The van der Waals surface area contributed by atoms with Gasteiger partial charge in [-0.1, -0.05) is 0 Å². The lowest BCUT2D eigenvalue weighted by Gasteiger charge is -2.14. The second-order valence-electron chi connectivity index (χ2n) is 2.42. The van der Waals surface area contributed by atoms with Gasteiger partial charge in [0.25, 0.3) is 5.91 Å². The van der Waals surface area contributed by atoms with Crippen molar-refractivity contribution in [1.82, 2.24) is 15.3 Å². The van der Waals surface area contributed by atoms with Gasteiger partial charge in [-0.2, -0.15) is 0 Å². The fourth-order valence-electron chi connectivity index (χ4n) is 0.840. The number of methoxy groups -OCH3 is 1. The molecule has 1 saturated heterocycles. The number of imide groups is 1.